The van der Waals surface area contributed by atoms with Crippen LogP contribution in [-0.4, -0.2) is 33.4 Å². The molecule has 0 aromatic carbocycles. The van der Waals surface area contributed by atoms with E-state index < -0.39 is 0 Å². The van der Waals surface area contributed by atoms with Crippen molar-refractivity contribution < 1.29 is 19.7 Å². The summed E-state index contributed by atoms with van der Waals surface area (Å²) in [4.78, 5) is 22.6. The molecule has 1 fully saturated rings. The second-order valence-corrected chi connectivity index (χ2v) is 9.35. The number of hydroxylamine groups is 2. The van der Waals surface area contributed by atoms with Crippen molar-refractivity contribution in [1.82, 2.24) is 5.06 Å². The third kappa shape index (κ3) is 5.46. The summed E-state index contributed by atoms with van der Waals surface area (Å²) in [5.41, 5.74) is -1.23. The first-order valence-electron chi connectivity index (χ1n) is 8.16. The van der Waals surface area contributed by atoms with Crippen LogP contribution in [0.4, 0.5) is 0 Å². The van der Waals surface area contributed by atoms with E-state index in [4.69, 9.17) is 19.7 Å². The van der Waals surface area contributed by atoms with Crippen LogP contribution < -0.4 is 0 Å². The van der Waals surface area contributed by atoms with Crippen LogP contribution in [0.25, 0.3) is 0 Å². The topological polar surface area (TPSA) is 40.2 Å². The quantitative estimate of drug-likeness (QED) is 0.567. The average Bonchev–Trinajstić information content (AvgIpc) is 2.22. The lowest BCUT2D eigenvalue weighted by Crippen LogP contribution is -2.65. The van der Waals surface area contributed by atoms with E-state index >= 15 is 0 Å². The summed E-state index contributed by atoms with van der Waals surface area (Å²) in [6.45, 7) is 20.3. The number of hydrogen-bond donors (Lipinski definition) is 0. The molecule has 1 atom stereocenters. The second-order valence-electron chi connectivity index (χ2n) is 9.35. The largest absolute Gasteiger partial charge is 0.231 e. The Labute approximate surface area is 136 Å². The maximum atomic E-state index is 5.74. The standard InChI is InChI=1S/C17H35NO4/c1-14(2,3)20-19-13-11-12-16(7,8)18(17(13,9)10)22-21-15(4,5)6/h13H,11-12H2,1-10H3. The predicted octanol–water partition coefficient (Wildman–Crippen LogP) is 4.42. The Morgan fingerprint density at radius 3 is 1.82 bits per heavy atom. The molecule has 1 saturated heterocycles. The van der Waals surface area contributed by atoms with Crippen molar-refractivity contribution in [2.45, 2.75) is 110 Å². The molecule has 1 unspecified atom stereocenters. The van der Waals surface area contributed by atoms with Crippen molar-refractivity contribution in [3.05, 3.63) is 0 Å². The minimum Gasteiger partial charge on any atom is -0.231 e. The van der Waals surface area contributed by atoms with Gasteiger partial charge in [0.15, 0.2) is 0 Å². The Kier molecular flexibility index (Phi) is 5.74. The summed E-state index contributed by atoms with van der Waals surface area (Å²) in [5.74, 6) is 0. The van der Waals surface area contributed by atoms with E-state index in [1.54, 1.807) is 0 Å². The summed E-state index contributed by atoms with van der Waals surface area (Å²) >= 11 is 0. The Balaban J connectivity index is 2.85. The number of rotatable bonds is 4. The van der Waals surface area contributed by atoms with Gasteiger partial charge in [0.2, 0.25) is 0 Å². The monoisotopic (exact) mass is 317 g/mol. The molecule has 22 heavy (non-hydrogen) atoms. The Bertz CT molecular complexity index is 366. The molecule has 1 aliphatic rings. The highest BCUT2D eigenvalue weighted by Gasteiger charge is 2.51. The fraction of sp³-hybridized carbons (Fsp3) is 1.00. The van der Waals surface area contributed by atoms with Crippen molar-refractivity contribution in [2.75, 3.05) is 0 Å². The van der Waals surface area contributed by atoms with Gasteiger partial charge in [0.05, 0.1) is 16.7 Å². The van der Waals surface area contributed by atoms with Crippen molar-refractivity contribution in [1.29, 1.82) is 0 Å². The van der Waals surface area contributed by atoms with Crippen LogP contribution >= 0.6 is 0 Å². The van der Waals surface area contributed by atoms with Crippen LogP contribution in [0, 0.1) is 0 Å². The summed E-state index contributed by atoms with van der Waals surface area (Å²) in [6, 6.07) is 0. The fourth-order valence-electron chi connectivity index (χ4n) is 2.56. The number of nitrogens with zero attached hydrogens (tertiary/aromatic N) is 1. The van der Waals surface area contributed by atoms with Gasteiger partial charge in [-0.15, -0.1) is 10.1 Å². The van der Waals surface area contributed by atoms with E-state index in [0.717, 1.165) is 12.8 Å². The first-order chi connectivity index (χ1) is 9.65. The zero-order valence-electron chi connectivity index (χ0n) is 16.1. The molecule has 5 heteroatoms. The normalized spacial score (nSPS) is 26.2. The highest BCUT2D eigenvalue weighted by Crippen LogP contribution is 2.41. The van der Waals surface area contributed by atoms with Crippen molar-refractivity contribution in [3.8, 4) is 0 Å². The van der Waals surface area contributed by atoms with Gasteiger partial charge in [-0.25, -0.2) is 14.7 Å². The Morgan fingerprint density at radius 2 is 1.36 bits per heavy atom. The lowest BCUT2D eigenvalue weighted by molar-refractivity contribution is -0.517. The molecule has 5 nitrogen and oxygen atoms in total. The zero-order chi connectivity index (χ0) is 17.4. The third-order valence-corrected chi connectivity index (χ3v) is 3.66. The summed E-state index contributed by atoms with van der Waals surface area (Å²) in [7, 11) is 0. The van der Waals surface area contributed by atoms with Crippen LogP contribution in [0.1, 0.15) is 82.1 Å². The van der Waals surface area contributed by atoms with Gasteiger partial charge in [-0.3, -0.25) is 0 Å². The van der Waals surface area contributed by atoms with Crippen LogP contribution in [0.2, 0.25) is 0 Å². The zero-order valence-corrected chi connectivity index (χ0v) is 16.1. The van der Waals surface area contributed by atoms with Crippen LogP contribution in [-0.2, 0) is 19.7 Å². The van der Waals surface area contributed by atoms with Crippen molar-refractivity contribution >= 4 is 0 Å². The first-order valence-corrected chi connectivity index (χ1v) is 8.16. The predicted molar refractivity (Wildman–Crippen MR) is 86.9 cm³/mol. The van der Waals surface area contributed by atoms with Gasteiger partial charge in [0, 0.05) is 5.54 Å². The smallest absolute Gasteiger partial charge is 0.113 e. The molecule has 1 rings (SSSR count). The SMILES string of the molecule is CC(C)(C)OOC1CCC(C)(C)N(OOC(C)(C)C)C1(C)C. The molecular formula is C17H35NO4. The lowest BCUT2D eigenvalue weighted by atomic mass is 9.80. The number of hydrogen-bond acceptors (Lipinski definition) is 5. The highest BCUT2D eigenvalue weighted by molar-refractivity contribution is 4.98. The van der Waals surface area contributed by atoms with Gasteiger partial charge in [0.25, 0.3) is 0 Å². The maximum Gasteiger partial charge on any atom is 0.113 e. The Morgan fingerprint density at radius 1 is 0.864 bits per heavy atom. The molecule has 0 spiro atoms. The fourth-order valence-corrected chi connectivity index (χ4v) is 2.56. The lowest BCUT2D eigenvalue weighted by Gasteiger charge is -2.53. The van der Waals surface area contributed by atoms with Crippen LogP contribution in [0.15, 0.2) is 0 Å². The Hall–Kier alpha value is -0.200. The molecule has 0 aromatic rings. The number of piperidine rings is 1. The minimum atomic E-state index is -0.377. The third-order valence-electron chi connectivity index (χ3n) is 3.66. The van der Waals surface area contributed by atoms with E-state index in [2.05, 4.69) is 27.7 Å². The van der Waals surface area contributed by atoms with E-state index in [-0.39, 0.29) is 28.4 Å². The van der Waals surface area contributed by atoms with E-state index in [0.29, 0.717) is 0 Å². The molecular weight excluding hydrogens is 282 g/mol. The van der Waals surface area contributed by atoms with Gasteiger partial charge >= 0.3 is 0 Å². The summed E-state index contributed by atoms with van der Waals surface area (Å²) < 4.78 is 0. The van der Waals surface area contributed by atoms with Crippen LogP contribution in [0.3, 0.4) is 0 Å². The van der Waals surface area contributed by atoms with E-state index in [9.17, 15) is 0 Å². The first kappa shape index (κ1) is 19.8. The van der Waals surface area contributed by atoms with Gasteiger partial charge in [-0.2, -0.15) is 0 Å². The molecule has 0 bridgehead atoms. The molecule has 132 valence electrons. The van der Waals surface area contributed by atoms with Crippen molar-refractivity contribution in [2.24, 2.45) is 0 Å². The molecule has 0 N–H and O–H groups in total. The van der Waals surface area contributed by atoms with Gasteiger partial charge < -0.3 is 0 Å². The summed E-state index contributed by atoms with van der Waals surface area (Å²) in [6.07, 6.45) is 1.75. The second kappa shape index (κ2) is 6.36. The summed E-state index contributed by atoms with van der Waals surface area (Å²) in [5, 5.41) is 1.91. The highest BCUT2D eigenvalue weighted by atomic mass is 17.3. The van der Waals surface area contributed by atoms with Gasteiger partial charge in [-0.1, -0.05) is 0 Å². The molecule has 0 amide bonds. The van der Waals surface area contributed by atoms with Gasteiger partial charge in [-0.05, 0) is 82.1 Å². The van der Waals surface area contributed by atoms with Gasteiger partial charge in [0.1, 0.15) is 6.10 Å². The molecule has 0 saturated carbocycles. The molecule has 1 heterocycles. The average molecular weight is 317 g/mol. The van der Waals surface area contributed by atoms with Crippen LogP contribution in [0.5, 0.6) is 0 Å². The van der Waals surface area contributed by atoms with E-state index in [1.807, 2.05) is 46.6 Å². The molecule has 0 aliphatic carbocycles. The van der Waals surface area contributed by atoms with E-state index in [1.165, 1.54) is 0 Å². The molecule has 1 aliphatic heterocycles. The molecule has 0 radical (unpaired) electrons. The minimum absolute atomic E-state index is 0.0941. The maximum absolute atomic E-state index is 5.74. The van der Waals surface area contributed by atoms with Crippen molar-refractivity contribution in [3.63, 3.8) is 0 Å². The molecule has 0 aromatic heterocycles.